The molecule has 19 heavy (non-hydrogen) atoms. The summed E-state index contributed by atoms with van der Waals surface area (Å²) < 4.78 is 0. The summed E-state index contributed by atoms with van der Waals surface area (Å²) in [5, 5.41) is 1.04. The zero-order chi connectivity index (χ0) is 14.0. The van der Waals surface area contributed by atoms with Crippen molar-refractivity contribution in [2.75, 3.05) is 0 Å². The van der Waals surface area contributed by atoms with Crippen molar-refractivity contribution in [2.24, 2.45) is 5.73 Å². The first-order chi connectivity index (χ1) is 8.97. The minimum atomic E-state index is -0.231. The number of nitrogens with two attached hydrogens (primary N) is 1. The number of aromatic nitrogens is 1. The Kier molecular flexibility index (Phi) is 4.46. The number of rotatable bonds is 3. The third-order valence-corrected chi connectivity index (χ3v) is 3.64. The van der Waals surface area contributed by atoms with Crippen LogP contribution in [0.2, 0.25) is 10.0 Å². The monoisotopic (exact) mass is 294 g/mol. The van der Waals surface area contributed by atoms with Crippen LogP contribution in [0.15, 0.2) is 30.5 Å². The second-order valence-corrected chi connectivity index (χ2v) is 5.60. The number of pyridine rings is 1. The van der Waals surface area contributed by atoms with Gasteiger partial charge >= 0.3 is 0 Å². The fourth-order valence-electron chi connectivity index (χ4n) is 2.05. The van der Waals surface area contributed by atoms with E-state index < -0.39 is 0 Å². The zero-order valence-corrected chi connectivity index (χ0v) is 12.5. The minimum Gasteiger partial charge on any atom is -0.322 e. The van der Waals surface area contributed by atoms with E-state index in [1.165, 1.54) is 16.7 Å². The lowest BCUT2D eigenvalue weighted by Crippen LogP contribution is -2.16. The minimum absolute atomic E-state index is 0.231. The van der Waals surface area contributed by atoms with Crippen LogP contribution in [-0.2, 0) is 6.42 Å². The maximum Gasteiger partial charge on any atom is 0.0761 e. The Morgan fingerprint density at radius 2 is 1.95 bits per heavy atom. The van der Waals surface area contributed by atoms with E-state index >= 15 is 0 Å². The molecule has 2 N–H and O–H groups in total. The van der Waals surface area contributed by atoms with Crippen molar-refractivity contribution in [3.8, 4) is 0 Å². The topological polar surface area (TPSA) is 38.9 Å². The van der Waals surface area contributed by atoms with Gasteiger partial charge in [0.2, 0.25) is 0 Å². The molecule has 2 rings (SSSR count). The molecule has 2 aromatic rings. The van der Waals surface area contributed by atoms with Crippen LogP contribution in [0.3, 0.4) is 0 Å². The smallest absolute Gasteiger partial charge is 0.0761 e. The molecule has 1 atom stereocenters. The lowest BCUT2D eigenvalue weighted by Gasteiger charge is -2.15. The van der Waals surface area contributed by atoms with E-state index in [1.807, 2.05) is 0 Å². The Bertz CT molecular complexity index is 597. The highest BCUT2D eigenvalue weighted by Crippen LogP contribution is 2.25. The molecule has 1 heterocycles. The average molecular weight is 295 g/mol. The van der Waals surface area contributed by atoms with E-state index in [4.69, 9.17) is 28.9 Å². The second kappa shape index (κ2) is 5.91. The molecule has 0 aliphatic carbocycles. The molecule has 0 bridgehead atoms. The molecule has 0 saturated carbocycles. The lowest BCUT2D eigenvalue weighted by atomic mass is 9.97. The first-order valence-corrected chi connectivity index (χ1v) is 6.85. The quantitative estimate of drug-likeness (QED) is 0.919. The summed E-state index contributed by atoms with van der Waals surface area (Å²) in [6, 6.07) is 7.80. The standard InChI is InChI=1S/C15H16Cl2N2/c1-9-3-4-10(2)11(5-9)6-14(18)15-13(17)7-12(16)8-19-15/h3-5,7-8,14H,6,18H2,1-2H3. The molecular weight excluding hydrogens is 279 g/mol. The van der Waals surface area contributed by atoms with Gasteiger partial charge in [-0.1, -0.05) is 47.0 Å². The van der Waals surface area contributed by atoms with Crippen LogP contribution >= 0.6 is 23.2 Å². The number of halogens is 2. The van der Waals surface area contributed by atoms with Gasteiger partial charge in [0, 0.05) is 6.20 Å². The van der Waals surface area contributed by atoms with Crippen LogP contribution in [0.1, 0.15) is 28.4 Å². The van der Waals surface area contributed by atoms with Crippen LogP contribution in [0.4, 0.5) is 0 Å². The summed E-state index contributed by atoms with van der Waals surface area (Å²) in [4.78, 5) is 4.24. The molecule has 0 radical (unpaired) electrons. The first-order valence-electron chi connectivity index (χ1n) is 6.10. The fourth-order valence-corrected chi connectivity index (χ4v) is 2.57. The molecular formula is C15H16Cl2N2. The first kappa shape index (κ1) is 14.3. The molecule has 1 aromatic heterocycles. The molecule has 1 aromatic carbocycles. The highest BCUT2D eigenvalue weighted by Gasteiger charge is 2.14. The number of hydrogen-bond acceptors (Lipinski definition) is 2. The normalized spacial score (nSPS) is 12.5. The van der Waals surface area contributed by atoms with Crippen LogP contribution in [0.5, 0.6) is 0 Å². The predicted octanol–water partition coefficient (Wildman–Crippen LogP) is 4.25. The number of hydrogen-bond donors (Lipinski definition) is 1. The summed E-state index contributed by atoms with van der Waals surface area (Å²) in [5.74, 6) is 0. The zero-order valence-electron chi connectivity index (χ0n) is 11.0. The number of nitrogens with zero attached hydrogens (tertiary/aromatic N) is 1. The molecule has 2 nitrogen and oxygen atoms in total. The van der Waals surface area contributed by atoms with Crippen LogP contribution < -0.4 is 5.73 Å². The lowest BCUT2D eigenvalue weighted by molar-refractivity contribution is 0.694. The third-order valence-electron chi connectivity index (χ3n) is 3.13. The van der Waals surface area contributed by atoms with Crippen molar-refractivity contribution in [2.45, 2.75) is 26.3 Å². The van der Waals surface area contributed by atoms with Crippen LogP contribution in [0, 0.1) is 13.8 Å². The van der Waals surface area contributed by atoms with Gasteiger partial charge in [-0.25, -0.2) is 0 Å². The van der Waals surface area contributed by atoms with Gasteiger partial charge in [-0.3, -0.25) is 4.98 Å². The van der Waals surface area contributed by atoms with Crippen molar-refractivity contribution in [3.63, 3.8) is 0 Å². The summed E-state index contributed by atoms with van der Waals surface area (Å²) in [7, 11) is 0. The van der Waals surface area contributed by atoms with Crippen molar-refractivity contribution < 1.29 is 0 Å². The highest BCUT2D eigenvalue weighted by molar-refractivity contribution is 6.34. The maximum atomic E-state index is 6.21. The van der Waals surface area contributed by atoms with Crippen LogP contribution in [-0.4, -0.2) is 4.98 Å². The van der Waals surface area contributed by atoms with Crippen molar-refractivity contribution in [3.05, 3.63) is 62.9 Å². The third kappa shape index (κ3) is 3.47. The Hall–Kier alpha value is -1.09. The SMILES string of the molecule is Cc1ccc(C)c(CC(N)c2ncc(Cl)cc2Cl)c1. The van der Waals surface area contributed by atoms with Gasteiger partial charge in [0.05, 0.1) is 21.8 Å². The molecule has 100 valence electrons. The second-order valence-electron chi connectivity index (χ2n) is 4.76. The van der Waals surface area contributed by atoms with Crippen LogP contribution in [0.25, 0.3) is 0 Å². The number of benzene rings is 1. The highest BCUT2D eigenvalue weighted by atomic mass is 35.5. The fraction of sp³-hybridized carbons (Fsp3) is 0.267. The number of aryl methyl sites for hydroxylation is 2. The van der Waals surface area contributed by atoms with Gasteiger partial charge in [-0.2, -0.15) is 0 Å². The van der Waals surface area contributed by atoms with E-state index in [-0.39, 0.29) is 6.04 Å². The Balaban J connectivity index is 2.25. The van der Waals surface area contributed by atoms with E-state index in [2.05, 4.69) is 37.0 Å². The average Bonchev–Trinajstić information content (AvgIpc) is 2.33. The maximum absolute atomic E-state index is 6.21. The predicted molar refractivity (Wildman–Crippen MR) is 80.8 cm³/mol. The van der Waals surface area contributed by atoms with Gasteiger partial charge < -0.3 is 5.73 Å². The van der Waals surface area contributed by atoms with Gasteiger partial charge in [-0.05, 0) is 37.5 Å². The Morgan fingerprint density at radius 1 is 1.21 bits per heavy atom. The van der Waals surface area contributed by atoms with E-state index in [0.717, 1.165) is 0 Å². The molecule has 1 unspecified atom stereocenters. The molecule has 4 heteroatoms. The molecule has 0 aliphatic heterocycles. The van der Waals surface area contributed by atoms with Gasteiger partial charge in [0.25, 0.3) is 0 Å². The molecule has 0 aliphatic rings. The largest absolute Gasteiger partial charge is 0.322 e. The molecule has 0 fully saturated rings. The molecule has 0 saturated heterocycles. The van der Waals surface area contributed by atoms with Gasteiger partial charge in [0.15, 0.2) is 0 Å². The summed E-state index contributed by atoms with van der Waals surface area (Å²) in [5.41, 5.74) is 10.6. The summed E-state index contributed by atoms with van der Waals surface area (Å²) in [6.45, 7) is 4.15. The van der Waals surface area contributed by atoms with E-state index in [9.17, 15) is 0 Å². The van der Waals surface area contributed by atoms with Crippen molar-refractivity contribution >= 4 is 23.2 Å². The van der Waals surface area contributed by atoms with Gasteiger partial charge in [0.1, 0.15) is 0 Å². The summed E-state index contributed by atoms with van der Waals surface area (Å²) in [6.07, 6.45) is 2.29. The van der Waals surface area contributed by atoms with E-state index in [0.29, 0.717) is 22.2 Å². The van der Waals surface area contributed by atoms with Crippen molar-refractivity contribution in [1.29, 1.82) is 0 Å². The summed E-state index contributed by atoms with van der Waals surface area (Å²) >= 11 is 12.0. The van der Waals surface area contributed by atoms with Gasteiger partial charge in [-0.15, -0.1) is 0 Å². The molecule has 0 amide bonds. The molecule has 0 spiro atoms. The Morgan fingerprint density at radius 3 is 2.63 bits per heavy atom. The van der Waals surface area contributed by atoms with Crippen molar-refractivity contribution in [1.82, 2.24) is 4.98 Å². The van der Waals surface area contributed by atoms with E-state index in [1.54, 1.807) is 12.3 Å². The Labute approximate surface area is 123 Å².